The summed E-state index contributed by atoms with van der Waals surface area (Å²) in [5.41, 5.74) is -0.409. The Hall–Kier alpha value is -1.71. The summed E-state index contributed by atoms with van der Waals surface area (Å²) in [6, 6.07) is 9.06. The zero-order chi connectivity index (χ0) is 23.5. The van der Waals surface area contributed by atoms with Crippen LogP contribution in [0.5, 0.6) is 0 Å². The van der Waals surface area contributed by atoms with E-state index in [1.807, 2.05) is 27.7 Å². The highest BCUT2D eigenvalue weighted by atomic mass is 35.7. The Kier molecular flexibility index (Phi) is 12.1. The lowest BCUT2D eigenvalue weighted by molar-refractivity contribution is -0.141. The molecule has 0 aliphatic rings. The summed E-state index contributed by atoms with van der Waals surface area (Å²) < 4.78 is 63.7. The smallest absolute Gasteiger partial charge is 0.233 e. The van der Waals surface area contributed by atoms with Crippen molar-refractivity contribution in [3.8, 4) is 5.69 Å². The number of nitrogens with zero attached hydrogens (tertiary/aromatic N) is 2. The van der Waals surface area contributed by atoms with Crippen LogP contribution in [0.1, 0.15) is 46.0 Å². The molecule has 4 nitrogen and oxygen atoms in total. The first-order valence-corrected chi connectivity index (χ1v) is 12.2. The van der Waals surface area contributed by atoms with Crippen LogP contribution in [0.3, 0.4) is 0 Å². The van der Waals surface area contributed by atoms with E-state index in [1.165, 1.54) is 12.2 Å². The van der Waals surface area contributed by atoms with Gasteiger partial charge in [0, 0.05) is 16.4 Å². The minimum atomic E-state index is -4.65. The SMILES string of the molecule is C/C=C(\C=C(/CS)S(=O)(=O)Cl)c1cc(C(F)(F)F)nn1-c1ccccc1.CC.CC. The summed E-state index contributed by atoms with van der Waals surface area (Å²) >= 11 is 3.92. The van der Waals surface area contributed by atoms with Gasteiger partial charge in [-0.1, -0.05) is 52.0 Å². The molecule has 0 fully saturated rings. The van der Waals surface area contributed by atoms with Gasteiger partial charge in [0.2, 0.25) is 0 Å². The maximum Gasteiger partial charge on any atom is 0.435 e. The molecule has 0 saturated carbocycles. The molecule has 0 unspecified atom stereocenters. The van der Waals surface area contributed by atoms with Gasteiger partial charge in [-0.15, -0.1) is 0 Å². The molecule has 0 spiro atoms. The van der Waals surface area contributed by atoms with Gasteiger partial charge in [-0.25, -0.2) is 13.1 Å². The van der Waals surface area contributed by atoms with Gasteiger partial charge in [0.05, 0.1) is 16.3 Å². The third-order valence-corrected chi connectivity index (χ3v) is 5.43. The molecule has 0 saturated heterocycles. The van der Waals surface area contributed by atoms with Crippen LogP contribution >= 0.6 is 23.3 Å². The second-order valence-electron chi connectivity index (χ2n) is 5.11. The lowest BCUT2D eigenvalue weighted by Crippen LogP contribution is -2.07. The van der Waals surface area contributed by atoms with Crippen LogP contribution in [0.4, 0.5) is 13.2 Å². The first-order valence-electron chi connectivity index (χ1n) is 9.23. The van der Waals surface area contributed by atoms with Gasteiger partial charge < -0.3 is 0 Å². The highest BCUT2D eigenvalue weighted by Gasteiger charge is 2.35. The number of halogens is 4. The Bertz CT molecular complexity index is 952. The fourth-order valence-corrected chi connectivity index (χ4v) is 3.71. The summed E-state index contributed by atoms with van der Waals surface area (Å²) in [5, 5.41) is 3.64. The van der Waals surface area contributed by atoms with Crippen LogP contribution in [-0.2, 0) is 15.2 Å². The minimum Gasteiger partial charge on any atom is -0.233 e. The number of para-hydroxylation sites is 1. The topological polar surface area (TPSA) is 52.0 Å². The van der Waals surface area contributed by atoms with Gasteiger partial charge in [0.25, 0.3) is 9.05 Å². The van der Waals surface area contributed by atoms with E-state index in [9.17, 15) is 21.6 Å². The molecule has 1 aromatic carbocycles. The quantitative estimate of drug-likeness (QED) is 0.292. The Morgan fingerprint density at radius 2 is 1.70 bits per heavy atom. The number of hydrogen-bond donors (Lipinski definition) is 1. The zero-order valence-electron chi connectivity index (χ0n) is 17.4. The molecule has 0 radical (unpaired) electrons. The normalized spacial score (nSPS) is 12.5. The van der Waals surface area contributed by atoms with Gasteiger partial charge in [-0.2, -0.15) is 30.9 Å². The lowest BCUT2D eigenvalue weighted by atomic mass is 10.1. The molecule has 0 aliphatic heterocycles. The van der Waals surface area contributed by atoms with Crippen LogP contribution in [0.2, 0.25) is 0 Å². The first kappa shape index (κ1) is 28.3. The average molecular weight is 483 g/mol. The van der Waals surface area contributed by atoms with Crippen molar-refractivity contribution < 1.29 is 21.6 Å². The fraction of sp³-hybridized carbons (Fsp3) is 0.350. The molecule has 2 rings (SSSR count). The maximum atomic E-state index is 13.1. The number of rotatable bonds is 5. The Morgan fingerprint density at radius 1 is 1.17 bits per heavy atom. The molecule has 10 heteroatoms. The molecule has 30 heavy (non-hydrogen) atoms. The van der Waals surface area contributed by atoms with Crippen molar-refractivity contribution in [2.24, 2.45) is 0 Å². The van der Waals surface area contributed by atoms with Crippen LogP contribution in [0.15, 0.2) is 53.5 Å². The summed E-state index contributed by atoms with van der Waals surface area (Å²) in [5.74, 6) is -0.200. The number of thiol groups is 1. The number of aromatic nitrogens is 2. The third kappa shape index (κ3) is 7.85. The van der Waals surface area contributed by atoms with E-state index in [4.69, 9.17) is 10.7 Å². The van der Waals surface area contributed by atoms with Crippen LogP contribution < -0.4 is 0 Å². The molecule has 0 amide bonds. The summed E-state index contributed by atoms with van der Waals surface area (Å²) in [6.45, 7) is 9.57. The van der Waals surface area contributed by atoms with Crippen LogP contribution in [0, 0.1) is 0 Å². The van der Waals surface area contributed by atoms with Gasteiger partial charge in [-0.3, -0.25) is 0 Å². The van der Waals surface area contributed by atoms with Crippen molar-refractivity contribution in [2.75, 3.05) is 5.75 Å². The number of allylic oxidation sites excluding steroid dienone is 3. The van der Waals surface area contributed by atoms with Crippen LogP contribution in [-0.4, -0.2) is 24.0 Å². The molecule has 1 aromatic heterocycles. The van der Waals surface area contributed by atoms with Gasteiger partial charge in [0.1, 0.15) is 0 Å². The molecule has 0 N–H and O–H groups in total. The fourth-order valence-electron chi connectivity index (χ4n) is 2.16. The van der Waals surface area contributed by atoms with E-state index in [2.05, 4.69) is 17.7 Å². The van der Waals surface area contributed by atoms with E-state index in [0.29, 0.717) is 5.69 Å². The molecular formula is C20H26ClF3N2O2S2. The lowest BCUT2D eigenvalue weighted by Gasteiger charge is -2.09. The molecule has 2 aromatic rings. The Morgan fingerprint density at radius 3 is 2.10 bits per heavy atom. The standard InChI is InChI=1S/C16H14ClF3N2O2S2.2C2H6/c1-2-11(8-13(10-25)26(17,23)24)14-9-15(16(18,19)20)21-22(14)12-6-4-3-5-7-12;2*1-2/h2-9,25H,10H2,1H3;2*1-2H3/b11-2+,13-8+;;. The molecule has 0 atom stereocenters. The summed E-state index contributed by atoms with van der Waals surface area (Å²) in [6.07, 6.45) is -1.99. The molecule has 168 valence electrons. The number of hydrogen-bond acceptors (Lipinski definition) is 4. The largest absolute Gasteiger partial charge is 0.435 e. The van der Waals surface area contributed by atoms with Crippen molar-refractivity contribution in [2.45, 2.75) is 40.8 Å². The second kappa shape index (κ2) is 12.9. The average Bonchev–Trinajstić information content (AvgIpc) is 3.17. The molecular weight excluding hydrogens is 457 g/mol. The predicted octanol–water partition coefficient (Wildman–Crippen LogP) is 6.73. The Balaban J connectivity index is 0.00000198. The number of alkyl halides is 3. The second-order valence-corrected chi connectivity index (χ2v) is 8.05. The van der Waals surface area contributed by atoms with Gasteiger partial charge >= 0.3 is 6.18 Å². The molecule has 0 aliphatic carbocycles. The van der Waals surface area contributed by atoms with Crippen molar-refractivity contribution in [1.82, 2.24) is 9.78 Å². The van der Waals surface area contributed by atoms with Crippen molar-refractivity contribution in [3.63, 3.8) is 0 Å². The van der Waals surface area contributed by atoms with E-state index in [0.717, 1.165) is 10.7 Å². The van der Waals surface area contributed by atoms with Crippen molar-refractivity contribution >= 4 is 37.9 Å². The molecule has 0 bridgehead atoms. The predicted molar refractivity (Wildman–Crippen MR) is 122 cm³/mol. The summed E-state index contributed by atoms with van der Waals surface area (Å²) in [7, 11) is 1.28. The van der Waals surface area contributed by atoms with Crippen molar-refractivity contribution in [3.05, 3.63) is 64.8 Å². The van der Waals surface area contributed by atoms with E-state index in [1.54, 1.807) is 37.3 Å². The van der Waals surface area contributed by atoms with Crippen molar-refractivity contribution in [1.29, 1.82) is 0 Å². The first-order chi connectivity index (χ1) is 14.1. The van der Waals surface area contributed by atoms with E-state index >= 15 is 0 Å². The maximum absolute atomic E-state index is 13.1. The third-order valence-electron chi connectivity index (χ3n) is 3.39. The number of benzene rings is 1. The highest BCUT2D eigenvalue weighted by Crippen LogP contribution is 2.32. The van der Waals surface area contributed by atoms with Gasteiger partial charge in [-0.05, 0) is 36.8 Å². The Labute approximate surface area is 186 Å². The van der Waals surface area contributed by atoms with E-state index < -0.39 is 20.9 Å². The zero-order valence-corrected chi connectivity index (χ0v) is 19.9. The monoisotopic (exact) mass is 482 g/mol. The minimum absolute atomic E-state index is 0.0747. The highest BCUT2D eigenvalue weighted by molar-refractivity contribution is 8.17. The van der Waals surface area contributed by atoms with Gasteiger partial charge in [0.15, 0.2) is 5.69 Å². The van der Waals surface area contributed by atoms with Crippen LogP contribution in [0.25, 0.3) is 11.3 Å². The molecule has 1 heterocycles. The van der Waals surface area contributed by atoms with E-state index in [-0.39, 0.29) is 21.9 Å². The summed E-state index contributed by atoms with van der Waals surface area (Å²) in [4.78, 5) is -0.232.